The topological polar surface area (TPSA) is 70.7 Å². The molecule has 2 aromatic carbocycles. The Morgan fingerprint density at radius 2 is 1.81 bits per heavy atom. The Morgan fingerprint density at radius 1 is 1.15 bits per heavy atom. The van der Waals surface area contributed by atoms with Crippen LogP contribution < -0.4 is 15.5 Å². The van der Waals surface area contributed by atoms with Crippen LogP contribution in [0.4, 0.5) is 17.1 Å². The van der Waals surface area contributed by atoms with Crippen LogP contribution in [0.3, 0.4) is 0 Å². The Labute approximate surface area is 159 Å². The van der Waals surface area contributed by atoms with E-state index in [1.807, 2.05) is 42.2 Å². The number of hydrogen-bond acceptors (Lipinski definition) is 4. The minimum atomic E-state index is -0.368. The summed E-state index contributed by atoms with van der Waals surface area (Å²) in [6.45, 7) is 3.95. The number of amides is 2. The summed E-state index contributed by atoms with van der Waals surface area (Å²) < 4.78 is 4.79. The van der Waals surface area contributed by atoms with Gasteiger partial charge >= 0.3 is 0 Å². The van der Waals surface area contributed by atoms with Gasteiger partial charge in [0.25, 0.3) is 0 Å². The Kier molecular flexibility index (Phi) is 5.76. The Balaban J connectivity index is 1.64. The normalized spacial score (nSPS) is 16.6. The van der Waals surface area contributed by atoms with E-state index >= 15 is 0 Å². The second-order valence-corrected chi connectivity index (χ2v) is 6.81. The number of fused-ring (bicyclic) bond motifs is 1. The van der Waals surface area contributed by atoms with E-state index in [2.05, 4.69) is 23.6 Å². The maximum atomic E-state index is 13.0. The van der Waals surface area contributed by atoms with Crippen LogP contribution in [0.25, 0.3) is 0 Å². The summed E-state index contributed by atoms with van der Waals surface area (Å²) in [5, 5.41) is 5.99. The third kappa shape index (κ3) is 4.28. The van der Waals surface area contributed by atoms with Gasteiger partial charge in [0.1, 0.15) is 12.6 Å². The van der Waals surface area contributed by atoms with Gasteiger partial charge in [0, 0.05) is 30.2 Å². The quantitative estimate of drug-likeness (QED) is 0.823. The molecule has 142 valence electrons. The molecular weight excluding hydrogens is 342 g/mol. The van der Waals surface area contributed by atoms with Crippen LogP contribution in [0.1, 0.15) is 19.4 Å². The fourth-order valence-electron chi connectivity index (χ4n) is 3.40. The minimum Gasteiger partial charge on any atom is -0.375 e. The third-order valence-corrected chi connectivity index (χ3v) is 4.64. The molecule has 1 heterocycles. The number of rotatable bonds is 6. The lowest BCUT2D eigenvalue weighted by Gasteiger charge is -2.27. The van der Waals surface area contributed by atoms with E-state index < -0.39 is 0 Å². The summed E-state index contributed by atoms with van der Waals surface area (Å²) >= 11 is 0. The van der Waals surface area contributed by atoms with E-state index in [0.29, 0.717) is 5.69 Å². The maximum Gasteiger partial charge on any atom is 0.250 e. The second kappa shape index (κ2) is 8.22. The molecule has 0 spiro atoms. The lowest BCUT2D eigenvalue weighted by molar-refractivity contribution is -0.120. The van der Waals surface area contributed by atoms with Gasteiger partial charge < -0.3 is 20.3 Å². The van der Waals surface area contributed by atoms with E-state index in [9.17, 15) is 9.59 Å². The van der Waals surface area contributed by atoms with Crippen LogP contribution >= 0.6 is 0 Å². The first-order valence-corrected chi connectivity index (χ1v) is 9.06. The molecule has 0 unspecified atom stereocenters. The average Bonchev–Trinajstić information content (AvgIpc) is 2.98. The molecule has 0 saturated heterocycles. The van der Waals surface area contributed by atoms with Gasteiger partial charge in [-0.25, -0.2) is 0 Å². The van der Waals surface area contributed by atoms with E-state index in [0.717, 1.165) is 17.8 Å². The zero-order chi connectivity index (χ0) is 19.4. The minimum absolute atomic E-state index is 0.0149. The fraction of sp³-hybridized carbons (Fsp3) is 0.333. The number of hydrogen-bond donors (Lipinski definition) is 2. The van der Waals surface area contributed by atoms with Crippen LogP contribution in [0.5, 0.6) is 0 Å². The van der Waals surface area contributed by atoms with Gasteiger partial charge in [-0.05, 0) is 56.2 Å². The van der Waals surface area contributed by atoms with Gasteiger partial charge in [0.15, 0.2) is 0 Å². The second-order valence-electron chi connectivity index (χ2n) is 6.81. The molecule has 2 amide bonds. The van der Waals surface area contributed by atoms with E-state index in [1.165, 1.54) is 12.7 Å². The molecule has 0 aromatic heterocycles. The summed E-state index contributed by atoms with van der Waals surface area (Å²) in [5.41, 5.74) is 3.71. The molecule has 2 N–H and O–H groups in total. The number of nitrogens with zero attached hydrogens (tertiary/aromatic N) is 1. The number of nitrogens with one attached hydrogen (secondary N) is 2. The van der Waals surface area contributed by atoms with Crippen molar-refractivity contribution in [3.8, 4) is 0 Å². The third-order valence-electron chi connectivity index (χ3n) is 4.64. The predicted octanol–water partition coefficient (Wildman–Crippen LogP) is 3.05. The number of carbonyl (C=O) groups is 2. The Morgan fingerprint density at radius 3 is 2.52 bits per heavy atom. The molecule has 6 heteroatoms. The molecule has 0 fully saturated rings. The zero-order valence-electron chi connectivity index (χ0n) is 15.9. The summed E-state index contributed by atoms with van der Waals surface area (Å²) in [5.74, 6) is -0.159. The largest absolute Gasteiger partial charge is 0.375 e. The van der Waals surface area contributed by atoms with Crippen molar-refractivity contribution >= 4 is 28.9 Å². The Bertz CT molecular complexity index is 820. The van der Waals surface area contributed by atoms with Gasteiger partial charge in [-0.1, -0.05) is 18.2 Å². The monoisotopic (exact) mass is 367 g/mol. The molecule has 2 aromatic rings. The van der Waals surface area contributed by atoms with Crippen LogP contribution in [-0.2, 0) is 20.7 Å². The number of para-hydroxylation sites is 1. The van der Waals surface area contributed by atoms with Crippen molar-refractivity contribution in [1.29, 1.82) is 0 Å². The SMILES string of the molecule is COCC(=O)Nc1ccc(N[C@@H](C)C(=O)N2c3ccccc3C[C@@H]2C)cc1. The molecule has 1 aliphatic rings. The van der Waals surface area contributed by atoms with Crippen molar-refractivity contribution in [2.75, 3.05) is 29.3 Å². The van der Waals surface area contributed by atoms with Gasteiger partial charge in [-0.3, -0.25) is 9.59 Å². The molecule has 3 rings (SSSR count). The molecular formula is C21H25N3O3. The first-order valence-electron chi connectivity index (χ1n) is 9.06. The highest BCUT2D eigenvalue weighted by Gasteiger charge is 2.32. The molecule has 0 bridgehead atoms. The molecule has 6 nitrogen and oxygen atoms in total. The maximum absolute atomic E-state index is 13.0. The summed E-state index contributed by atoms with van der Waals surface area (Å²) in [4.78, 5) is 26.4. The van der Waals surface area contributed by atoms with E-state index in [4.69, 9.17) is 4.74 Å². The van der Waals surface area contributed by atoms with Gasteiger partial charge in [0.05, 0.1) is 0 Å². The predicted molar refractivity (Wildman–Crippen MR) is 107 cm³/mol. The Hall–Kier alpha value is -2.86. The first-order chi connectivity index (χ1) is 13.0. The molecule has 0 aliphatic carbocycles. The highest BCUT2D eigenvalue weighted by molar-refractivity contribution is 6.00. The molecule has 27 heavy (non-hydrogen) atoms. The lowest BCUT2D eigenvalue weighted by Crippen LogP contribution is -2.44. The van der Waals surface area contributed by atoms with Gasteiger partial charge in [0.2, 0.25) is 11.8 Å². The van der Waals surface area contributed by atoms with E-state index in [1.54, 1.807) is 12.1 Å². The molecule has 1 aliphatic heterocycles. The summed E-state index contributed by atoms with van der Waals surface area (Å²) in [6, 6.07) is 15.1. The van der Waals surface area contributed by atoms with Crippen molar-refractivity contribution < 1.29 is 14.3 Å². The van der Waals surface area contributed by atoms with Crippen LogP contribution in [-0.4, -0.2) is 37.6 Å². The van der Waals surface area contributed by atoms with E-state index in [-0.39, 0.29) is 30.5 Å². The van der Waals surface area contributed by atoms with Crippen LogP contribution in [0.2, 0.25) is 0 Å². The van der Waals surface area contributed by atoms with Crippen LogP contribution in [0, 0.1) is 0 Å². The van der Waals surface area contributed by atoms with Crippen molar-refractivity contribution in [3.05, 3.63) is 54.1 Å². The fourth-order valence-corrected chi connectivity index (χ4v) is 3.40. The van der Waals surface area contributed by atoms with Crippen molar-refractivity contribution in [2.45, 2.75) is 32.4 Å². The lowest BCUT2D eigenvalue weighted by atomic mass is 10.1. The number of ether oxygens (including phenoxy) is 1. The van der Waals surface area contributed by atoms with Crippen molar-refractivity contribution in [1.82, 2.24) is 0 Å². The number of methoxy groups -OCH3 is 1. The van der Waals surface area contributed by atoms with Gasteiger partial charge in [-0.15, -0.1) is 0 Å². The molecule has 0 saturated carbocycles. The first kappa shape index (κ1) is 18.9. The van der Waals surface area contributed by atoms with Crippen molar-refractivity contribution in [2.24, 2.45) is 0 Å². The summed E-state index contributed by atoms with van der Waals surface area (Å²) in [7, 11) is 1.48. The van der Waals surface area contributed by atoms with Crippen molar-refractivity contribution in [3.63, 3.8) is 0 Å². The van der Waals surface area contributed by atoms with Gasteiger partial charge in [-0.2, -0.15) is 0 Å². The highest BCUT2D eigenvalue weighted by Crippen LogP contribution is 2.32. The number of benzene rings is 2. The zero-order valence-corrected chi connectivity index (χ0v) is 15.9. The standard InChI is InChI=1S/C21H25N3O3/c1-14-12-16-6-4-5-7-19(16)24(14)21(26)15(2)22-17-8-10-18(11-9-17)23-20(25)13-27-3/h4-11,14-15,22H,12-13H2,1-3H3,(H,23,25)/t14-,15-/m0/s1. The molecule has 0 radical (unpaired) electrons. The molecule has 2 atom stereocenters. The number of anilines is 3. The highest BCUT2D eigenvalue weighted by atomic mass is 16.5. The average molecular weight is 367 g/mol. The smallest absolute Gasteiger partial charge is 0.250 e. The number of carbonyl (C=O) groups excluding carboxylic acids is 2. The van der Waals surface area contributed by atoms with Crippen LogP contribution in [0.15, 0.2) is 48.5 Å². The summed E-state index contributed by atoms with van der Waals surface area (Å²) in [6.07, 6.45) is 0.879.